The third-order valence-corrected chi connectivity index (χ3v) is 6.48. The van der Waals surface area contributed by atoms with Gasteiger partial charge < -0.3 is 15.0 Å². The van der Waals surface area contributed by atoms with Gasteiger partial charge in [-0.25, -0.2) is 22.8 Å². The molecule has 0 saturated carbocycles. The number of rotatable bonds is 6. The number of nitrogens with one attached hydrogen (secondary N) is 2. The summed E-state index contributed by atoms with van der Waals surface area (Å²) in [4.78, 5) is 22.8. The molecule has 0 radical (unpaired) electrons. The molecule has 0 spiro atoms. The molecular formula is C22H19FN4O4S. The number of fused-ring (bicyclic) bond motifs is 1. The van der Waals surface area contributed by atoms with Crippen LogP contribution >= 0.6 is 0 Å². The minimum atomic E-state index is -3.72. The summed E-state index contributed by atoms with van der Waals surface area (Å²) < 4.78 is 44.9. The van der Waals surface area contributed by atoms with Crippen molar-refractivity contribution in [3.63, 3.8) is 0 Å². The van der Waals surface area contributed by atoms with E-state index in [0.29, 0.717) is 5.56 Å². The number of ether oxygens (including phenoxy) is 1. The number of carbonyl (C=O) groups excluding carboxylic acids is 1. The van der Waals surface area contributed by atoms with Gasteiger partial charge in [-0.1, -0.05) is 13.0 Å². The van der Waals surface area contributed by atoms with Crippen LogP contribution < -0.4 is 10.1 Å². The summed E-state index contributed by atoms with van der Waals surface area (Å²) in [5.41, 5.74) is 1.50. The maximum absolute atomic E-state index is 14.9. The highest BCUT2D eigenvalue weighted by atomic mass is 32.2. The van der Waals surface area contributed by atoms with Crippen LogP contribution in [0.4, 0.5) is 15.9 Å². The molecule has 8 nitrogen and oxygen atoms in total. The number of aromatic nitrogens is 3. The monoisotopic (exact) mass is 454 g/mol. The lowest BCUT2D eigenvalue weighted by Gasteiger charge is -2.14. The average Bonchev–Trinajstić information content (AvgIpc) is 3.24. The van der Waals surface area contributed by atoms with E-state index in [2.05, 4.69) is 20.3 Å². The van der Waals surface area contributed by atoms with Gasteiger partial charge in [-0.05, 0) is 36.4 Å². The van der Waals surface area contributed by atoms with Crippen LogP contribution in [-0.4, -0.2) is 35.1 Å². The van der Waals surface area contributed by atoms with Crippen molar-refractivity contribution in [2.45, 2.75) is 18.7 Å². The van der Waals surface area contributed by atoms with Gasteiger partial charge in [-0.15, -0.1) is 0 Å². The van der Waals surface area contributed by atoms with Crippen molar-refractivity contribution in [3.8, 4) is 17.1 Å². The zero-order chi connectivity index (χ0) is 22.9. The van der Waals surface area contributed by atoms with Crippen molar-refractivity contribution < 1.29 is 22.3 Å². The summed E-state index contributed by atoms with van der Waals surface area (Å²) in [7, 11) is -3.72. The van der Waals surface area contributed by atoms with Crippen LogP contribution in [0.3, 0.4) is 0 Å². The van der Waals surface area contributed by atoms with Crippen LogP contribution in [0.1, 0.15) is 13.8 Å². The Morgan fingerprint density at radius 1 is 1.22 bits per heavy atom. The first-order valence-electron chi connectivity index (χ1n) is 9.70. The molecule has 0 aliphatic rings. The van der Waals surface area contributed by atoms with Crippen LogP contribution in [0.25, 0.3) is 22.3 Å². The highest BCUT2D eigenvalue weighted by molar-refractivity contribution is 7.91. The summed E-state index contributed by atoms with van der Waals surface area (Å²) in [6.07, 6.45) is 3.01. The van der Waals surface area contributed by atoms with Gasteiger partial charge in [0.25, 0.3) is 0 Å². The van der Waals surface area contributed by atoms with E-state index in [1.54, 1.807) is 12.3 Å². The van der Waals surface area contributed by atoms with Crippen LogP contribution in [-0.2, 0) is 14.6 Å². The number of hydrogen-bond acceptors (Lipinski definition) is 7. The molecule has 0 amide bonds. The molecule has 0 bridgehead atoms. The average molecular weight is 454 g/mol. The quantitative estimate of drug-likeness (QED) is 0.331. The Bertz CT molecular complexity index is 1430. The number of sulfone groups is 1. The molecule has 0 aliphatic carbocycles. The van der Waals surface area contributed by atoms with Gasteiger partial charge in [0.1, 0.15) is 4.90 Å². The molecule has 2 aromatic heterocycles. The SMILES string of the molecule is CCS(=O)(=O)c1cnc(-c2ccc3[nH]ccc3c2)nc1Nc1cccc(OC(C)=O)c1F. The molecule has 2 N–H and O–H groups in total. The number of H-pyrrole nitrogens is 1. The highest BCUT2D eigenvalue weighted by Crippen LogP contribution is 2.31. The summed E-state index contributed by atoms with van der Waals surface area (Å²) in [6.45, 7) is 2.65. The van der Waals surface area contributed by atoms with Crippen LogP contribution in [0.5, 0.6) is 5.75 Å². The van der Waals surface area contributed by atoms with E-state index in [0.717, 1.165) is 17.8 Å². The second kappa shape index (κ2) is 8.39. The summed E-state index contributed by atoms with van der Waals surface area (Å²) in [6, 6.07) is 11.6. The molecule has 0 atom stereocenters. The number of hydrogen-bond donors (Lipinski definition) is 2. The van der Waals surface area contributed by atoms with E-state index in [1.807, 2.05) is 18.2 Å². The Labute approximate surface area is 183 Å². The molecule has 10 heteroatoms. The van der Waals surface area contributed by atoms with Crippen LogP contribution in [0.15, 0.2) is 59.8 Å². The minimum absolute atomic E-state index is 0.0788. The predicted octanol–water partition coefficient (Wildman–Crippen LogP) is 4.23. The lowest BCUT2D eigenvalue weighted by molar-refractivity contribution is -0.132. The van der Waals surface area contributed by atoms with E-state index < -0.39 is 21.6 Å². The lowest BCUT2D eigenvalue weighted by atomic mass is 10.1. The lowest BCUT2D eigenvalue weighted by Crippen LogP contribution is -2.11. The van der Waals surface area contributed by atoms with Gasteiger partial charge in [0.2, 0.25) is 0 Å². The van der Waals surface area contributed by atoms with Gasteiger partial charge in [0.05, 0.1) is 17.6 Å². The summed E-state index contributed by atoms with van der Waals surface area (Å²) in [5, 5.41) is 3.67. The molecule has 32 heavy (non-hydrogen) atoms. The number of anilines is 2. The van der Waals surface area contributed by atoms with Crippen molar-refractivity contribution in [1.29, 1.82) is 0 Å². The first kappa shape index (κ1) is 21.4. The van der Waals surface area contributed by atoms with E-state index in [9.17, 15) is 17.6 Å². The van der Waals surface area contributed by atoms with Gasteiger partial charge in [-0.3, -0.25) is 4.79 Å². The fourth-order valence-corrected chi connectivity index (χ4v) is 4.06. The standard InChI is InChI=1S/C22H19FN4O4S/c1-3-32(29,30)19-12-25-21(15-7-8-16-14(11-15)9-10-24-16)27-22(19)26-17-5-4-6-18(20(17)23)31-13(2)28/h4-12,24H,3H2,1-2H3,(H,25,26,27). The van der Waals surface area contributed by atoms with Gasteiger partial charge in [0, 0.05) is 29.6 Å². The zero-order valence-electron chi connectivity index (χ0n) is 17.2. The number of esters is 1. The highest BCUT2D eigenvalue weighted by Gasteiger charge is 2.22. The van der Waals surface area contributed by atoms with E-state index >= 15 is 0 Å². The Kier molecular flexibility index (Phi) is 5.62. The molecular weight excluding hydrogens is 435 g/mol. The normalized spacial score (nSPS) is 11.5. The first-order chi connectivity index (χ1) is 15.3. The topological polar surface area (TPSA) is 114 Å². The number of halogens is 1. The molecule has 0 unspecified atom stereocenters. The molecule has 4 aromatic rings. The molecule has 0 fully saturated rings. The second-order valence-corrected chi connectivity index (χ2v) is 9.17. The Balaban J connectivity index is 1.82. The van der Waals surface area contributed by atoms with Gasteiger partial charge in [0.15, 0.2) is 33.0 Å². The van der Waals surface area contributed by atoms with E-state index in [4.69, 9.17) is 4.74 Å². The molecule has 2 aromatic carbocycles. The van der Waals surface area contributed by atoms with Crippen LogP contribution in [0, 0.1) is 5.82 Å². The molecule has 164 valence electrons. The number of carbonyl (C=O) groups is 1. The maximum atomic E-state index is 14.9. The van der Waals surface area contributed by atoms with Crippen molar-refractivity contribution in [1.82, 2.24) is 15.0 Å². The third kappa shape index (κ3) is 4.17. The number of aromatic amines is 1. The number of benzene rings is 2. The van der Waals surface area contributed by atoms with Crippen molar-refractivity contribution in [3.05, 3.63) is 60.7 Å². The Morgan fingerprint density at radius 2 is 2.03 bits per heavy atom. The van der Waals surface area contributed by atoms with Crippen molar-refractivity contribution in [2.24, 2.45) is 0 Å². The summed E-state index contributed by atoms with van der Waals surface area (Å²) in [5.74, 6) is -1.81. The van der Waals surface area contributed by atoms with Crippen molar-refractivity contribution >= 4 is 38.2 Å². The molecule has 2 heterocycles. The predicted molar refractivity (Wildman–Crippen MR) is 118 cm³/mol. The van der Waals surface area contributed by atoms with E-state index in [1.165, 1.54) is 31.3 Å². The Morgan fingerprint density at radius 3 is 2.78 bits per heavy atom. The van der Waals surface area contributed by atoms with Gasteiger partial charge in [-0.2, -0.15) is 0 Å². The fourth-order valence-electron chi connectivity index (χ4n) is 3.14. The van der Waals surface area contributed by atoms with Crippen LogP contribution in [0.2, 0.25) is 0 Å². The molecule has 0 saturated heterocycles. The minimum Gasteiger partial charge on any atom is -0.423 e. The molecule has 0 aliphatic heterocycles. The largest absolute Gasteiger partial charge is 0.423 e. The fraction of sp³-hybridized carbons (Fsp3) is 0.136. The maximum Gasteiger partial charge on any atom is 0.308 e. The van der Waals surface area contributed by atoms with E-state index in [-0.39, 0.29) is 33.7 Å². The Hall–Kier alpha value is -3.79. The first-order valence-corrected chi connectivity index (χ1v) is 11.3. The second-order valence-electron chi connectivity index (χ2n) is 6.93. The zero-order valence-corrected chi connectivity index (χ0v) is 18.0. The van der Waals surface area contributed by atoms with Crippen molar-refractivity contribution in [2.75, 3.05) is 11.1 Å². The summed E-state index contributed by atoms with van der Waals surface area (Å²) >= 11 is 0. The number of nitrogens with zero attached hydrogens (tertiary/aromatic N) is 2. The molecule has 4 rings (SSSR count). The third-order valence-electron chi connectivity index (χ3n) is 4.75. The smallest absolute Gasteiger partial charge is 0.308 e. The van der Waals surface area contributed by atoms with Gasteiger partial charge >= 0.3 is 5.97 Å².